The Morgan fingerprint density at radius 3 is 2.35 bits per heavy atom. The van der Waals surface area contributed by atoms with Crippen molar-refractivity contribution in [1.82, 2.24) is 9.47 Å². The van der Waals surface area contributed by atoms with Crippen molar-refractivity contribution in [3.8, 4) is 5.69 Å². The Balaban J connectivity index is 1.83. The van der Waals surface area contributed by atoms with E-state index >= 15 is 0 Å². The van der Waals surface area contributed by atoms with Gasteiger partial charge in [-0.3, -0.25) is 4.90 Å². The van der Waals surface area contributed by atoms with Crippen LogP contribution in [0.2, 0.25) is 0 Å². The molecule has 0 radical (unpaired) electrons. The first-order chi connectivity index (χ1) is 12.5. The number of nitrogens with zero attached hydrogens (tertiary/aromatic N) is 2. The molecule has 4 rings (SSSR count). The maximum atomic E-state index is 13.9. The zero-order chi connectivity index (χ0) is 18.3. The lowest BCUT2D eigenvalue weighted by Crippen LogP contribution is -2.34. The van der Waals surface area contributed by atoms with Crippen LogP contribution in [0.5, 0.6) is 0 Å². The van der Waals surface area contributed by atoms with Crippen LogP contribution in [0, 0.1) is 11.6 Å². The van der Waals surface area contributed by atoms with Gasteiger partial charge < -0.3 is 4.57 Å². The number of rotatable bonds is 3. The van der Waals surface area contributed by atoms with Crippen molar-refractivity contribution in [1.29, 1.82) is 0 Å². The molecule has 3 aromatic rings. The Bertz CT molecular complexity index is 968. The molecule has 26 heavy (non-hydrogen) atoms. The fourth-order valence-corrected chi connectivity index (χ4v) is 3.67. The Morgan fingerprint density at radius 1 is 0.962 bits per heavy atom. The SMILES string of the molecule is CC(C)N1CC=C(c2cn(-c3ccc(F)cc3)c3ccc(F)cc23)CC1. The highest BCUT2D eigenvalue weighted by Gasteiger charge is 2.19. The number of fused-ring (bicyclic) bond motifs is 1. The average molecular weight is 352 g/mol. The predicted octanol–water partition coefficient (Wildman–Crippen LogP) is 5.41. The van der Waals surface area contributed by atoms with Gasteiger partial charge in [0.2, 0.25) is 0 Å². The van der Waals surface area contributed by atoms with Crippen LogP contribution in [-0.4, -0.2) is 28.6 Å². The highest BCUT2D eigenvalue weighted by atomic mass is 19.1. The number of hydrogen-bond acceptors (Lipinski definition) is 1. The Hall–Kier alpha value is -2.46. The molecule has 1 aromatic heterocycles. The van der Waals surface area contributed by atoms with Crippen molar-refractivity contribution in [3.05, 3.63) is 71.9 Å². The minimum atomic E-state index is -0.264. The van der Waals surface area contributed by atoms with Crippen LogP contribution in [0.25, 0.3) is 22.2 Å². The smallest absolute Gasteiger partial charge is 0.123 e. The first kappa shape index (κ1) is 17.0. The van der Waals surface area contributed by atoms with Crippen molar-refractivity contribution in [2.45, 2.75) is 26.3 Å². The molecule has 0 saturated heterocycles. The maximum absolute atomic E-state index is 13.9. The maximum Gasteiger partial charge on any atom is 0.123 e. The van der Waals surface area contributed by atoms with Gasteiger partial charge >= 0.3 is 0 Å². The molecule has 2 nitrogen and oxygen atoms in total. The summed E-state index contributed by atoms with van der Waals surface area (Å²) in [5.74, 6) is -0.504. The van der Waals surface area contributed by atoms with Gasteiger partial charge in [-0.2, -0.15) is 0 Å². The third-order valence-corrected chi connectivity index (χ3v) is 5.19. The molecule has 0 bridgehead atoms. The van der Waals surface area contributed by atoms with E-state index in [-0.39, 0.29) is 11.6 Å². The molecule has 0 saturated carbocycles. The molecule has 0 spiro atoms. The third-order valence-electron chi connectivity index (χ3n) is 5.19. The van der Waals surface area contributed by atoms with Gasteiger partial charge in [-0.15, -0.1) is 0 Å². The van der Waals surface area contributed by atoms with Gasteiger partial charge in [0.15, 0.2) is 0 Å². The summed E-state index contributed by atoms with van der Waals surface area (Å²) in [5, 5.41) is 0.901. The summed E-state index contributed by atoms with van der Waals surface area (Å²) < 4.78 is 29.2. The standard InChI is InChI=1S/C22H22F2N2/c1-15(2)25-11-9-16(10-12-25)21-14-26(19-6-3-17(23)4-7-19)22-8-5-18(24)13-20(21)22/h3-9,13-15H,10-12H2,1-2H3. The summed E-state index contributed by atoms with van der Waals surface area (Å²) in [6.07, 6.45) is 5.24. The molecule has 2 heterocycles. The molecule has 134 valence electrons. The molecular formula is C22H22F2N2. The summed E-state index contributed by atoms with van der Waals surface area (Å²) in [6, 6.07) is 11.8. The lowest BCUT2D eigenvalue weighted by molar-refractivity contribution is 0.245. The highest BCUT2D eigenvalue weighted by Crippen LogP contribution is 2.33. The molecular weight excluding hydrogens is 330 g/mol. The normalized spacial score (nSPS) is 15.7. The van der Waals surface area contributed by atoms with E-state index in [0.717, 1.165) is 41.7 Å². The molecule has 1 aliphatic heterocycles. The van der Waals surface area contributed by atoms with Gasteiger partial charge in [0.05, 0.1) is 5.52 Å². The summed E-state index contributed by atoms with van der Waals surface area (Å²) in [7, 11) is 0. The van der Waals surface area contributed by atoms with Crippen molar-refractivity contribution in [2.24, 2.45) is 0 Å². The van der Waals surface area contributed by atoms with Crippen LogP contribution in [0.3, 0.4) is 0 Å². The zero-order valence-electron chi connectivity index (χ0n) is 15.0. The number of halogens is 2. The van der Waals surface area contributed by atoms with Gasteiger partial charge in [-0.1, -0.05) is 6.08 Å². The van der Waals surface area contributed by atoms with Gasteiger partial charge in [-0.05, 0) is 68.3 Å². The molecule has 0 atom stereocenters. The van der Waals surface area contributed by atoms with Crippen LogP contribution >= 0.6 is 0 Å². The predicted molar refractivity (Wildman–Crippen MR) is 102 cm³/mol. The van der Waals surface area contributed by atoms with Crippen molar-refractivity contribution >= 4 is 16.5 Å². The topological polar surface area (TPSA) is 8.17 Å². The summed E-state index contributed by atoms with van der Waals surface area (Å²) >= 11 is 0. The molecule has 4 heteroatoms. The van der Waals surface area contributed by atoms with Gasteiger partial charge in [-0.25, -0.2) is 8.78 Å². The van der Waals surface area contributed by atoms with Crippen molar-refractivity contribution in [2.75, 3.05) is 13.1 Å². The Labute approximate surface area is 152 Å². The Kier molecular flexibility index (Phi) is 4.37. The minimum absolute atomic E-state index is 0.240. The summed E-state index contributed by atoms with van der Waals surface area (Å²) in [5.41, 5.74) is 4.11. The van der Waals surface area contributed by atoms with E-state index in [0.29, 0.717) is 6.04 Å². The molecule has 0 amide bonds. The molecule has 0 fully saturated rings. The van der Waals surface area contributed by atoms with Crippen LogP contribution in [0.1, 0.15) is 25.8 Å². The van der Waals surface area contributed by atoms with Crippen molar-refractivity contribution in [3.63, 3.8) is 0 Å². The molecule has 0 N–H and O–H groups in total. The first-order valence-electron chi connectivity index (χ1n) is 9.03. The fourth-order valence-electron chi connectivity index (χ4n) is 3.67. The number of benzene rings is 2. The van der Waals surface area contributed by atoms with E-state index in [9.17, 15) is 8.78 Å². The minimum Gasteiger partial charge on any atom is -0.316 e. The van der Waals surface area contributed by atoms with E-state index < -0.39 is 0 Å². The second-order valence-electron chi connectivity index (χ2n) is 7.12. The van der Waals surface area contributed by atoms with E-state index in [1.165, 1.54) is 23.8 Å². The monoisotopic (exact) mass is 352 g/mol. The molecule has 2 aromatic carbocycles. The van der Waals surface area contributed by atoms with E-state index in [2.05, 4.69) is 24.8 Å². The van der Waals surface area contributed by atoms with Crippen LogP contribution < -0.4 is 0 Å². The van der Waals surface area contributed by atoms with Crippen LogP contribution in [0.4, 0.5) is 8.78 Å². The van der Waals surface area contributed by atoms with Gasteiger partial charge in [0, 0.05) is 42.0 Å². The lowest BCUT2D eigenvalue weighted by Gasteiger charge is -2.29. The largest absolute Gasteiger partial charge is 0.316 e. The lowest BCUT2D eigenvalue weighted by atomic mass is 9.98. The summed E-state index contributed by atoms with van der Waals surface area (Å²) in [4.78, 5) is 2.42. The number of aromatic nitrogens is 1. The van der Waals surface area contributed by atoms with E-state index in [4.69, 9.17) is 0 Å². The van der Waals surface area contributed by atoms with E-state index in [1.54, 1.807) is 24.3 Å². The van der Waals surface area contributed by atoms with E-state index in [1.807, 2.05) is 10.8 Å². The van der Waals surface area contributed by atoms with Crippen LogP contribution in [0.15, 0.2) is 54.7 Å². The fraction of sp³-hybridized carbons (Fsp3) is 0.273. The summed E-state index contributed by atoms with van der Waals surface area (Å²) in [6.45, 7) is 6.32. The second-order valence-corrected chi connectivity index (χ2v) is 7.12. The van der Waals surface area contributed by atoms with Crippen LogP contribution in [-0.2, 0) is 0 Å². The van der Waals surface area contributed by atoms with Gasteiger partial charge in [0.1, 0.15) is 11.6 Å². The average Bonchev–Trinajstić information content (AvgIpc) is 3.01. The highest BCUT2D eigenvalue weighted by molar-refractivity contribution is 5.94. The molecule has 0 unspecified atom stereocenters. The first-order valence-corrected chi connectivity index (χ1v) is 9.03. The zero-order valence-corrected chi connectivity index (χ0v) is 15.0. The quantitative estimate of drug-likeness (QED) is 0.612. The Morgan fingerprint density at radius 2 is 1.69 bits per heavy atom. The van der Waals surface area contributed by atoms with Gasteiger partial charge in [0.25, 0.3) is 0 Å². The van der Waals surface area contributed by atoms with Crippen molar-refractivity contribution < 1.29 is 8.78 Å². The molecule has 0 aliphatic carbocycles. The molecule has 1 aliphatic rings. The third kappa shape index (κ3) is 3.06. The number of hydrogen-bond donors (Lipinski definition) is 0. The second kappa shape index (κ2) is 6.69.